The number of rotatable bonds is 9. The molecule has 1 unspecified atom stereocenters. The Kier molecular flexibility index (Phi) is 7.90. The van der Waals surface area contributed by atoms with Gasteiger partial charge in [-0.25, -0.2) is 0 Å². The molecule has 2 aromatic carbocycles. The Morgan fingerprint density at radius 3 is 2.59 bits per heavy atom. The predicted molar refractivity (Wildman–Crippen MR) is 124 cm³/mol. The molecule has 7 nitrogen and oxygen atoms in total. The first-order chi connectivity index (χ1) is 15.4. The highest BCUT2D eigenvalue weighted by Gasteiger charge is 2.25. The standard InChI is InChI=1S/C24H26N4O3S/c1-16-7-10-20(11-8-16)28(13-5-12-25)23(29)19(4)32-24-27-26-22(31-24)15-30-21-14-17(2)6-9-18(21)3/h6-11,14,19H,5,13,15H2,1-4H3. The SMILES string of the molecule is Cc1ccc(N(CCC#N)C(=O)C(C)Sc2nnc(COc3cc(C)ccc3C)o2)cc1. The average molecular weight is 451 g/mol. The zero-order chi connectivity index (χ0) is 23.1. The Morgan fingerprint density at radius 1 is 1.16 bits per heavy atom. The van der Waals surface area contributed by atoms with Gasteiger partial charge in [-0.1, -0.05) is 41.6 Å². The Labute approximate surface area is 192 Å². The Morgan fingerprint density at radius 2 is 1.88 bits per heavy atom. The molecule has 0 spiro atoms. The molecule has 0 aliphatic carbocycles. The van der Waals surface area contributed by atoms with Crippen LogP contribution in [-0.2, 0) is 11.4 Å². The monoisotopic (exact) mass is 450 g/mol. The molecule has 32 heavy (non-hydrogen) atoms. The molecule has 0 N–H and O–H groups in total. The number of benzene rings is 2. The van der Waals surface area contributed by atoms with Crippen molar-refractivity contribution in [2.75, 3.05) is 11.4 Å². The average Bonchev–Trinajstić information content (AvgIpc) is 3.22. The van der Waals surface area contributed by atoms with Gasteiger partial charge in [-0.2, -0.15) is 5.26 Å². The number of anilines is 1. The minimum atomic E-state index is -0.469. The molecule has 0 aliphatic rings. The lowest BCUT2D eigenvalue weighted by Gasteiger charge is -2.24. The number of aryl methyl sites for hydroxylation is 3. The quantitative estimate of drug-likeness (QED) is 0.424. The summed E-state index contributed by atoms with van der Waals surface area (Å²) >= 11 is 1.19. The van der Waals surface area contributed by atoms with Gasteiger partial charge in [-0.05, 0) is 57.0 Å². The van der Waals surface area contributed by atoms with E-state index in [2.05, 4.69) is 16.3 Å². The van der Waals surface area contributed by atoms with Crippen molar-refractivity contribution in [2.45, 2.75) is 51.2 Å². The number of nitrogens with zero attached hydrogens (tertiary/aromatic N) is 4. The molecular weight excluding hydrogens is 424 g/mol. The minimum absolute atomic E-state index is 0.125. The molecule has 0 fully saturated rings. The Bertz CT molecular complexity index is 1110. The van der Waals surface area contributed by atoms with E-state index in [-0.39, 0.29) is 18.9 Å². The zero-order valence-corrected chi connectivity index (χ0v) is 19.5. The molecule has 0 saturated heterocycles. The summed E-state index contributed by atoms with van der Waals surface area (Å²) < 4.78 is 11.5. The van der Waals surface area contributed by atoms with E-state index in [4.69, 9.17) is 14.4 Å². The third-order valence-electron chi connectivity index (χ3n) is 4.83. The number of ether oxygens (including phenoxy) is 1. The van der Waals surface area contributed by atoms with Gasteiger partial charge < -0.3 is 14.1 Å². The lowest BCUT2D eigenvalue weighted by molar-refractivity contribution is -0.117. The number of carbonyl (C=O) groups is 1. The van der Waals surface area contributed by atoms with E-state index in [1.54, 1.807) is 11.8 Å². The fraction of sp³-hybridized carbons (Fsp3) is 0.333. The summed E-state index contributed by atoms with van der Waals surface area (Å²) in [4.78, 5) is 14.7. The van der Waals surface area contributed by atoms with Crippen molar-refractivity contribution in [3.63, 3.8) is 0 Å². The van der Waals surface area contributed by atoms with E-state index in [0.717, 1.165) is 28.1 Å². The number of nitriles is 1. The van der Waals surface area contributed by atoms with Crippen LogP contribution >= 0.6 is 11.8 Å². The second-order valence-electron chi connectivity index (χ2n) is 7.51. The molecule has 1 heterocycles. The summed E-state index contributed by atoms with van der Waals surface area (Å²) in [7, 11) is 0. The summed E-state index contributed by atoms with van der Waals surface area (Å²) in [6.45, 7) is 8.23. The third kappa shape index (κ3) is 6.11. The van der Waals surface area contributed by atoms with Crippen LogP contribution in [0.3, 0.4) is 0 Å². The highest BCUT2D eigenvalue weighted by atomic mass is 32.2. The summed E-state index contributed by atoms with van der Waals surface area (Å²) in [6, 6.07) is 15.8. The molecule has 3 aromatic rings. The highest BCUT2D eigenvalue weighted by Crippen LogP contribution is 2.27. The molecular formula is C24H26N4O3S. The number of amides is 1. The molecule has 3 rings (SSSR count). The number of thioether (sulfide) groups is 1. The van der Waals surface area contributed by atoms with E-state index in [9.17, 15) is 4.79 Å². The van der Waals surface area contributed by atoms with Crippen LogP contribution in [0.25, 0.3) is 0 Å². The van der Waals surface area contributed by atoms with Gasteiger partial charge in [0.15, 0.2) is 6.61 Å². The van der Waals surface area contributed by atoms with Crippen molar-refractivity contribution < 1.29 is 13.9 Å². The summed E-state index contributed by atoms with van der Waals surface area (Å²) in [6.07, 6.45) is 0.247. The lowest BCUT2D eigenvalue weighted by atomic mass is 10.1. The van der Waals surface area contributed by atoms with Crippen LogP contribution in [0.4, 0.5) is 5.69 Å². The molecule has 0 radical (unpaired) electrons. The highest BCUT2D eigenvalue weighted by molar-refractivity contribution is 8.00. The molecule has 1 amide bonds. The fourth-order valence-electron chi connectivity index (χ4n) is 3.02. The molecule has 0 saturated carbocycles. The van der Waals surface area contributed by atoms with Crippen molar-refractivity contribution in [1.82, 2.24) is 10.2 Å². The number of carbonyl (C=O) groups excluding carboxylic acids is 1. The first-order valence-corrected chi connectivity index (χ1v) is 11.2. The number of hydrogen-bond acceptors (Lipinski definition) is 7. The van der Waals surface area contributed by atoms with Crippen LogP contribution in [0.5, 0.6) is 5.75 Å². The topological polar surface area (TPSA) is 92.2 Å². The molecule has 0 aliphatic heterocycles. The second kappa shape index (κ2) is 10.8. The molecule has 0 bridgehead atoms. The smallest absolute Gasteiger partial charge is 0.277 e. The van der Waals surface area contributed by atoms with E-state index >= 15 is 0 Å². The Balaban J connectivity index is 1.64. The van der Waals surface area contributed by atoms with Crippen LogP contribution in [0.15, 0.2) is 52.1 Å². The maximum absolute atomic E-state index is 13.1. The maximum atomic E-state index is 13.1. The van der Waals surface area contributed by atoms with Crippen molar-refractivity contribution in [1.29, 1.82) is 5.26 Å². The van der Waals surface area contributed by atoms with Gasteiger partial charge in [0.1, 0.15) is 5.75 Å². The van der Waals surface area contributed by atoms with Gasteiger partial charge in [-0.3, -0.25) is 4.79 Å². The fourth-order valence-corrected chi connectivity index (χ4v) is 3.78. The van der Waals surface area contributed by atoms with Crippen LogP contribution in [0, 0.1) is 32.1 Å². The van der Waals surface area contributed by atoms with E-state index in [1.165, 1.54) is 11.8 Å². The summed E-state index contributed by atoms with van der Waals surface area (Å²) in [5, 5.41) is 16.9. The predicted octanol–water partition coefficient (Wildman–Crippen LogP) is 5.00. The summed E-state index contributed by atoms with van der Waals surface area (Å²) in [5.74, 6) is 0.987. The van der Waals surface area contributed by atoms with Crippen molar-refractivity contribution in [2.24, 2.45) is 0 Å². The van der Waals surface area contributed by atoms with Crippen LogP contribution < -0.4 is 9.64 Å². The van der Waals surface area contributed by atoms with Gasteiger partial charge in [0.25, 0.3) is 11.1 Å². The van der Waals surface area contributed by atoms with Gasteiger partial charge in [-0.15, -0.1) is 10.2 Å². The van der Waals surface area contributed by atoms with E-state index < -0.39 is 5.25 Å². The van der Waals surface area contributed by atoms with Gasteiger partial charge in [0.05, 0.1) is 17.7 Å². The van der Waals surface area contributed by atoms with Crippen LogP contribution in [0.1, 0.15) is 35.9 Å². The molecule has 166 valence electrons. The minimum Gasteiger partial charge on any atom is -0.484 e. The van der Waals surface area contributed by atoms with Crippen molar-refractivity contribution in [3.8, 4) is 11.8 Å². The number of hydrogen-bond donors (Lipinski definition) is 0. The molecule has 1 aromatic heterocycles. The van der Waals surface area contributed by atoms with Crippen molar-refractivity contribution in [3.05, 3.63) is 65.0 Å². The van der Waals surface area contributed by atoms with Gasteiger partial charge >= 0.3 is 0 Å². The zero-order valence-electron chi connectivity index (χ0n) is 18.7. The van der Waals surface area contributed by atoms with Gasteiger partial charge in [0.2, 0.25) is 5.91 Å². The molecule has 1 atom stereocenters. The first kappa shape index (κ1) is 23.4. The lowest BCUT2D eigenvalue weighted by Crippen LogP contribution is -2.37. The van der Waals surface area contributed by atoms with Crippen molar-refractivity contribution >= 4 is 23.4 Å². The third-order valence-corrected chi connectivity index (χ3v) is 5.75. The molecule has 8 heteroatoms. The van der Waals surface area contributed by atoms with E-state index in [1.807, 2.05) is 63.2 Å². The summed E-state index contributed by atoms with van der Waals surface area (Å²) in [5.41, 5.74) is 3.99. The largest absolute Gasteiger partial charge is 0.484 e. The Hall–Kier alpha value is -3.31. The van der Waals surface area contributed by atoms with Crippen LogP contribution in [-0.4, -0.2) is 27.9 Å². The van der Waals surface area contributed by atoms with Crippen LogP contribution in [0.2, 0.25) is 0 Å². The first-order valence-electron chi connectivity index (χ1n) is 10.3. The van der Waals surface area contributed by atoms with E-state index in [0.29, 0.717) is 17.7 Å². The normalized spacial score (nSPS) is 11.6. The number of aromatic nitrogens is 2. The second-order valence-corrected chi connectivity index (χ2v) is 8.81. The van der Waals surface area contributed by atoms with Gasteiger partial charge in [0, 0.05) is 12.2 Å². The maximum Gasteiger partial charge on any atom is 0.277 e.